The van der Waals surface area contributed by atoms with Crippen molar-refractivity contribution in [3.63, 3.8) is 0 Å². The van der Waals surface area contributed by atoms with E-state index in [1.54, 1.807) is 26.0 Å². The lowest BCUT2D eigenvalue weighted by Crippen LogP contribution is -2.20. The molecule has 1 aliphatic carbocycles. The van der Waals surface area contributed by atoms with Crippen LogP contribution in [0.15, 0.2) is 35.9 Å². The third-order valence-electron chi connectivity index (χ3n) is 5.73. The first kappa shape index (κ1) is 29.1. The molecular weight excluding hydrogens is 471 g/mol. The second-order valence-corrected chi connectivity index (χ2v) is 10.7. The van der Waals surface area contributed by atoms with E-state index in [4.69, 9.17) is 18.5 Å². The first-order chi connectivity index (χ1) is 16.4. The molecule has 196 valence electrons. The quantitative estimate of drug-likeness (QED) is 0.104. The van der Waals surface area contributed by atoms with Crippen molar-refractivity contribution >= 4 is 14.0 Å². The average Bonchev–Trinajstić information content (AvgIpc) is 2.72. The number of aromatic hydroxyl groups is 1. The number of benzene rings is 1. The van der Waals surface area contributed by atoms with Gasteiger partial charge in [0.1, 0.15) is 11.5 Å². The van der Waals surface area contributed by atoms with E-state index in [-0.39, 0.29) is 43.0 Å². The van der Waals surface area contributed by atoms with E-state index < -0.39 is 20.1 Å². The van der Waals surface area contributed by atoms with Crippen molar-refractivity contribution in [3.8, 4) is 11.5 Å². The molecule has 0 aromatic heterocycles. The maximum atomic E-state index is 12.5. The molecule has 0 saturated carbocycles. The Morgan fingerprint density at radius 1 is 1.29 bits per heavy atom. The molecule has 0 bridgehead atoms. The number of carbonyl (C=O) groups is 1. The fourth-order valence-corrected chi connectivity index (χ4v) is 5.19. The zero-order chi connectivity index (χ0) is 26.2. The molecular formula is C26H39O8P. The predicted octanol–water partition coefficient (Wildman–Crippen LogP) is 6.81. The van der Waals surface area contributed by atoms with Gasteiger partial charge in [-0.15, -0.1) is 0 Å². The number of carbonyl (C=O) groups excluding carboxylic acids is 1. The molecule has 2 N–H and O–H groups in total. The van der Waals surface area contributed by atoms with Gasteiger partial charge in [-0.3, -0.25) is 9.05 Å². The highest BCUT2D eigenvalue weighted by Gasteiger charge is 2.31. The molecule has 0 fully saturated rings. The minimum Gasteiger partial charge on any atom is -0.507 e. The Morgan fingerprint density at radius 3 is 2.63 bits per heavy atom. The molecule has 0 amide bonds. The molecule has 0 radical (unpaired) electrons. The second kappa shape index (κ2) is 13.3. The van der Waals surface area contributed by atoms with Crippen LogP contribution in [0.5, 0.6) is 11.5 Å². The van der Waals surface area contributed by atoms with Crippen molar-refractivity contribution in [1.29, 1.82) is 0 Å². The van der Waals surface area contributed by atoms with Crippen LogP contribution in [-0.2, 0) is 24.8 Å². The van der Waals surface area contributed by atoms with Crippen molar-refractivity contribution in [2.75, 3.05) is 13.2 Å². The molecule has 0 heterocycles. The number of phosphoric ester groups is 1. The molecule has 0 saturated heterocycles. The van der Waals surface area contributed by atoms with Gasteiger partial charge in [0.15, 0.2) is 0 Å². The molecule has 35 heavy (non-hydrogen) atoms. The van der Waals surface area contributed by atoms with Gasteiger partial charge in [0, 0.05) is 17.9 Å². The summed E-state index contributed by atoms with van der Waals surface area (Å²) in [7, 11) is -4.14. The number of phosphoric acid groups is 1. The lowest BCUT2D eigenvalue weighted by atomic mass is 9.73. The summed E-state index contributed by atoms with van der Waals surface area (Å²) in [6, 6.07) is 3.51. The highest BCUT2D eigenvalue weighted by atomic mass is 31.2. The van der Waals surface area contributed by atoms with Crippen LogP contribution in [0.1, 0.15) is 77.3 Å². The molecule has 1 unspecified atom stereocenters. The third kappa shape index (κ3) is 9.12. The lowest BCUT2D eigenvalue weighted by Gasteiger charge is -2.32. The van der Waals surface area contributed by atoms with Crippen molar-refractivity contribution in [2.45, 2.75) is 78.7 Å². The Morgan fingerprint density at radius 2 is 2.00 bits per heavy atom. The van der Waals surface area contributed by atoms with E-state index in [0.29, 0.717) is 5.56 Å². The minimum atomic E-state index is -4.14. The second-order valence-electron chi connectivity index (χ2n) is 9.32. The van der Waals surface area contributed by atoms with Crippen LogP contribution in [0.2, 0.25) is 0 Å². The first-order valence-corrected chi connectivity index (χ1v) is 13.6. The molecule has 1 aromatic rings. The topological polar surface area (TPSA) is 112 Å². The van der Waals surface area contributed by atoms with Crippen LogP contribution in [0, 0.1) is 5.92 Å². The van der Waals surface area contributed by atoms with Gasteiger partial charge in [0.2, 0.25) is 0 Å². The van der Waals surface area contributed by atoms with Crippen LogP contribution >= 0.6 is 7.82 Å². The number of phenols is 1. The van der Waals surface area contributed by atoms with Gasteiger partial charge in [0.25, 0.3) is 0 Å². The number of aryl methyl sites for hydroxylation is 1. The van der Waals surface area contributed by atoms with Gasteiger partial charge in [0.05, 0.1) is 19.3 Å². The molecule has 3 atom stereocenters. The number of rotatable bonds is 12. The third-order valence-corrected chi connectivity index (χ3v) is 6.93. The predicted molar refractivity (Wildman–Crippen MR) is 135 cm³/mol. The highest BCUT2D eigenvalue weighted by Crippen LogP contribution is 2.47. The summed E-state index contributed by atoms with van der Waals surface area (Å²) < 4.78 is 32.1. The van der Waals surface area contributed by atoms with E-state index in [9.17, 15) is 19.4 Å². The standard InChI is InChI=1S/C26H39O8P/c1-7-9-20-15-23(27)25(22-14-19(6)10-11-21(22)17(2)3)24(16-20)33-26(28)31-12-8-13-32-35(29,30)34-18(4)5/h14-16,18,21-22,27H,2,7-13H2,1,3-6H3,(H,29,30)/t21-,22+/m0/s1. The Hall–Kier alpha value is -2.12. The monoisotopic (exact) mass is 510 g/mol. The Labute approximate surface area is 208 Å². The maximum absolute atomic E-state index is 12.5. The van der Waals surface area contributed by atoms with E-state index in [2.05, 4.69) is 19.6 Å². The SMILES string of the molecule is C=C(C)[C@@H]1CCC(C)=C[C@H]1c1c(O)cc(CCC)cc1OC(=O)OCCCOP(=O)(O)OC(C)C. The molecule has 0 spiro atoms. The average molecular weight is 511 g/mol. The van der Waals surface area contributed by atoms with Gasteiger partial charge in [-0.05, 0) is 70.6 Å². The molecule has 9 heteroatoms. The Bertz CT molecular complexity index is 968. The zero-order valence-corrected chi connectivity index (χ0v) is 22.3. The summed E-state index contributed by atoms with van der Waals surface area (Å²) in [5.41, 5.74) is 3.62. The molecule has 8 nitrogen and oxygen atoms in total. The van der Waals surface area contributed by atoms with Crippen LogP contribution in [0.3, 0.4) is 0 Å². The summed E-state index contributed by atoms with van der Waals surface area (Å²) in [5, 5.41) is 11.0. The van der Waals surface area contributed by atoms with Gasteiger partial charge in [-0.2, -0.15) is 0 Å². The molecule has 0 aliphatic heterocycles. The fourth-order valence-electron chi connectivity index (χ4n) is 4.24. The first-order valence-electron chi connectivity index (χ1n) is 12.1. The number of allylic oxidation sites excluding steroid dienone is 3. The Kier molecular flexibility index (Phi) is 11.0. The number of phenolic OH excluding ortho intramolecular Hbond substituents is 1. The normalized spacial score (nSPS) is 19.7. The van der Waals surface area contributed by atoms with Crippen LogP contribution in [0.4, 0.5) is 4.79 Å². The summed E-state index contributed by atoms with van der Waals surface area (Å²) >= 11 is 0. The van der Waals surface area contributed by atoms with Gasteiger partial charge < -0.3 is 19.5 Å². The largest absolute Gasteiger partial charge is 0.513 e. The Balaban J connectivity index is 2.14. The van der Waals surface area contributed by atoms with Crippen molar-refractivity contribution in [2.24, 2.45) is 5.92 Å². The minimum absolute atomic E-state index is 0.0761. The molecule has 2 rings (SSSR count). The molecule has 1 aliphatic rings. The summed E-state index contributed by atoms with van der Waals surface area (Å²) in [5.74, 6) is 0.285. The smallest absolute Gasteiger partial charge is 0.507 e. The summed E-state index contributed by atoms with van der Waals surface area (Å²) in [4.78, 5) is 22.0. The maximum Gasteiger partial charge on any atom is 0.513 e. The van der Waals surface area contributed by atoms with Crippen molar-refractivity contribution in [3.05, 3.63) is 47.1 Å². The van der Waals surface area contributed by atoms with E-state index in [0.717, 1.165) is 36.8 Å². The van der Waals surface area contributed by atoms with E-state index in [1.807, 2.05) is 13.8 Å². The summed E-state index contributed by atoms with van der Waals surface area (Å²) in [6.07, 6.45) is 4.35. The van der Waals surface area contributed by atoms with E-state index >= 15 is 0 Å². The highest BCUT2D eigenvalue weighted by molar-refractivity contribution is 7.47. The number of ether oxygens (including phenoxy) is 2. The van der Waals surface area contributed by atoms with E-state index in [1.165, 1.54) is 5.57 Å². The van der Waals surface area contributed by atoms with Crippen LogP contribution < -0.4 is 4.74 Å². The van der Waals surface area contributed by atoms with Gasteiger partial charge in [-0.25, -0.2) is 9.36 Å². The zero-order valence-electron chi connectivity index (χ0n) is 21.4. The summed E-state index contributed by atoms with van der Waals surface area (Å²) in [6.45, 7) is 13.2. The fraction of sp³-hybridized carbons (Fsp3) is 0.577. The number of hydrogen-bond donors (Lipinski definition) is 2. The van der Waals surface area contributed by atoms with Crippen molar-refractivity contribution < 1.29 is 37.9 Å². The van der Waals surface area contributed by atoms with Crippen molar-refractivity contribution in [1.82, 2.24) is 0 Å². The van der Waals surface area contributed by atoms with Crippen LogP contribution in [-0.4, -0.2) is 35.5 Å². The number of hydrogen-bond acceptors (Lipinski definition) is 7. The molecule has 1 aromatic carbocycles. The van der Waals surface area contributed by atoms with Gasteiger partial charge >= 0.3 is 14.0 Å². The lowest BCUT2D eigenvalue weighted by molar-refractivity contribution is 0.0853. The van der Waals surface area contributed by atoms with Crippen LogP contribution in [0.25, 0.3) is 0 Å². The van der Waals surface area contributed by atoms with Gasteiger partial charge in [-0.1, -0.05) is 37.1 Å².